The Balaban J connectivity index is 0.000000208. The van der Waals surface area contributed by atoms with Crippen LogP contribution in [0.3, 0.4) is 0 Å². The van der Waals surface area contributed by atoms with E-state index in [1.807, 2.05) is 109 Å². The molecule has 0 saturated carbocycles. The molecule has 3 atom stereocenters. The van der Waals surface area contributed by atoms with Crippen LogP contribution in [-0.2, 0) is 38.2 Å². The smallest absolute Gasteiger partial charge is 0.325 e. The van der Waals surface area contributed by atoms with Crippen molar-refractivity contribution in [1.29, 1.82) is 0 Å². The standard InChI is InChI=1S/C16H23N3O3.C15H21N3O3.C15H20N2O3/c1-10-6-11(2)15-13(7-10)18(4)8-12(17-3)16(21)19(15)9-14(20)22-5;1-9-5-10(2)14-12(6-9)17(4)7-11(16-3)15(21)18(14)8-13(19)20;1-9-5-10(2)14-12(6-9)16-7-11(3)15(19)17(14)8-13(18)20-4/h6-7,12,17H,8-9H2,1-5H3;5-6,11,16H,7-8H2,1-4H3,(H,19,20);5-6,11,16H,7-8H2,1-4H3/t12-;2*11-/m000/s1. The zero-order valence-electron chi connectivity index (χ0n) is 38.9. The topological polar surface area (TPSA) is 193 Å². The fraction of sp³-hybridized carbons (Fsp3) is 0.478. The number of anilines is 6. The lowest BCUT2D eigenvalue weighted by Crippen LogP contribution is -2.49. The van der Waals surface area contributed by atoms with E-state index < -0.39 is 23.9 Å². The van der Waals surface area contributed by atoms with Crippen molar-refractivity contribution in [2.75, 3.05) is 111 Å². The predicted molar refractivity (Wildman–Crippen MR) is 246 cm³/mol. The van der Waals surface area contributed by atoms with E-state index in [0.717, 1.165) is 61.8 Å². The maximum atomic E-state index is 12.8. The molecule has 0 spiro atoms. The quantitative estimate of drug-likeness (QED) is 0.241. The molecule has 0 aliphatic carbocycles. The highest BCUT2D eigenvalue weighted by atomic mass is 16.5. The van der Waals surface area contributed by atoms with Crippen molar-refractivity contribution >= 4 is 69.8 Å². The van der Waals surface area contributed by atoms with Gasteiger partial charge in [0.1, 0.15) is 31.7 Å². The number of nitrogens with one attached hydrogen (secondary N) is 3. The number of nitrogens with zero attached hydrogens (tertiary/aromatic N) is 5. The fourth-order valence-electron chi connectivity index (χ4n) is 8.26. The molecule has 3 aromatic carbocycles. The van der Waals surface area contributed by atoms with E-state index >= 15 is 0 Å². The van der Waals surface area contributed by atoms with Crippen LogP contribution in [0.25, 0.3) is 0 Å². The number of esters is 2. The second-order valence-electron chi connectivity index (χ2n) is 16.4. The normalized spacial score (nSPS) is 18.2. The first-order valence-corrected chi connectivity index (χ1v) is 20.8. The molecule has 17 nitrogen and oxygen atoms in total. The average molecular weight is 873 g/mol. The van der Waals surface area contributed by atoms with Gasteiger partial charge in [-0.15, -0.1) is 0 Å². The first-order valence-electron chi connectivity index (χ1n) is 20.8. The van der Waals surface area contributed by atoms with Crippen LogP contribution >= 0.6 is 0 Å². The number of carboxylic acid groups (broad SMARTS) is 1. The number of amides is 3. The maximum absolute atomic E-state index is 12.8. The Bertz CT molecular complexity index is 2230. The van der Waals surface area contributed by atoms with E-state index in [9.17, 15) is 28.8 Å². The van der Waals surface area contributed by atoms with Gasteiger partial charge in [-0.05, 0) is 107 Å². The number of ether oxygens (including phenoxy) is 2. The second-order valence-corrected chi connectivity index (χ2v) is 16.4. The third kappa shape index (κ3) is 11.4. The molecule has 0 unspecified atom stereocenters. The number of fused-ring (bicyclic) bond motifs is 3. The van der Waals surface area contributed by atoms with E-state index in [1.54, 1.807) is 14.1 Å². The largest absolute Gasteiger partial charge is 0.480 e. The number of likely N-dealkylation sites (N-methyl/N-ethyl adjacent to an activating group) is 4. The van der Waals surface area contributed by atoms with Crippen molar-refractivity contribution in [3.8, 4) is 0 Å². The zero-order valence-corrected chi connectivity index (χ0v) is 38.9. The lowest BCUT2D eigenvalue weighted by Gasteiger charge is -2.26. The number of carbonyl (C=O) groups is 6. The van der Waals surface area contributed by atoms with Gasteiger partial charge in [0, 0.05) is 33.7 Å². The van der Waals surface area contributed by atoms with Gasteiger partial charge in [-0.1, -0.05) is 25.1 Å². The molecule has 0 aromatic heterocycles. The summed E-state index contributed by atoms with van der Waals surface area (Å²) in [5, 5.41) is 18.4. The fourth-order valence-corrected chi connectivity index (χ4v) is 8.26. The molecule has 3 heterocycles. The van der Waals surface area contributed by atoms with Crippen molar-refractivity contribution in [3.63, 3.8) is 0 Å². The molecule has 0 fully saturated rings. The summed E-state index contributed by atoms with van der Waals surface area (Å²) in [6.45, 7) is 14.8. The summed E-state index contributed by atoms with van der Waals surface area (Å²) < 4.78 is 9.45. The number of hydrogen-bond acceptors (Lipinski definition) is 13. The minimum atomic E-state index is -1.02. The Morgan fingerprint density at radius 2 is 1.02 bits per heavy atom. The molecule has 63 heavy (non-hydrogen) atoms. The van der Waals surface area contributed by atoms with E-state index in [4.69, 9.17) is 14.6 Å². The second kappa shape index (κ2) is 21.3. The molecular formula is C46H64N8O9. The summed E-state index contributed by atoms with van der Waals surface area (Å²) in [4.78, 5) is 80.9. The molecule has 0 saturated heterocycles. The van der Waals surface area contributed by atoms with Gasteiger partial charge < -0.3 is 40.3 Å². The number of rotatable bonds is 8. The van der Waals surface area contributed by atoms with Gasteiger partial charge in [-0.3, -0.25) is 43.5 Å². The summed E-state index contributed by atoms with van der Waals surface area (Å²) in [6.07, 6.45) is 0. The van der Waals surface area contributed by atoms with Crippen molar-refractivity contribution in [2.24, 2.45) is 5.92 Å². The SMILES string of the molecule is CN[C@H]1CN(C)c2cc(C)cc(C)c2N(CC(=O)O)C1=O.CN[C@H]1CN(C)c2cc(C)cc(C)c2N(CC(=O)OC)C1=O.COC(=O)CN1C(=O)[C@@H](C)CNc2cc(C)cc(C)c21. The van der Waals surface area contributed by atoms with Gasteiger partial charge in [-0.25, -0.2) is 0 Å². The molecule has 3 aromatic rings. The monoisotopic (exact) mass is 872 g/mol. The van der Waals surface area contributed by atoms with Crippen molar-refractivity contribution in [2.45, 2.75) is 60.5 Å². The Morgan fingerprint density at radius 3 is 1.41 bits per heavy atom. The highest BCUT2D eigenvalue weighted by Gasteiger charge is 2.36. The van der Waals surface area contributed by atoms with Crippen LogP contribution < -0.4 is 40.4 Å². The summed E-state index contributed by atoms with van der Waals surface area (Å²) >= 11 is 0. The lowest BCUT2D eigenvalue weighted by molar-refractivity contribution is -0.140. The first kappa shape index (κ1) is 49.5. The molecule has 342 valence electrons. The van der Waals surface area contributed by atoms with Crippen LogP contribution in [0.5, 0.6) is 0 Å². The van der Waals surface area contributed by atoms with Crippen molar-refractivity contribution < 1.29 is 43.3 Å². The zero-order chi connectivity index (χ0) is 47.0. The van der Waals surface area contributed by atoms with Crippen LogP contribution in [0.4, 0.5) is 34.1 Å². The summed E-state index contributed by atoms with van der Waals surface area (Å²) in [5.41, 5.74) is 11.1. The van der Waals surface area contributed by atoms with E-state index in [0.29, 0.717) is 25.3 Å². The number of hydrogen-bond donors (Lipinski definition) is 4. The molecule has 6 rings (SSSR count). The first-order chi connectivity index (χ1) is 29.7. The van der Waals surface area contributed by atoms with E-state index in [1.165, 1.54) is 28.9 Å². The van der Waals surface area contributed by atoms with Gasteiger partial charge in [0.05, 0.1) is 54.3 Å². The third-order valence-electron chi connectivity index (χ3n) is 11.3. The Labute approximate surface area is 370 Å². The van der Waals surface area contributed by atoms with E-state index in [-0.39, 0.29) is 49.3 Å². The van der Waals surface area contributed by atoms with Crippen LogP contribution in [0.1, 0.15) is 40.3 Å². The number of aryl methyl sites for hydroxylation is 6. The molecule has 3 aliphatic rings. The van der Waals surface area contributed by atoms with Crippen molar-refractivity contribution in [3.05, 3.63) is 69.8 Å². The summed E-state index contributed by atoms with van der Waals surface area (Å²) in [5.74, 6) is -2.45. The Kier molecular flexibility index (Phi) is 16.7. The Morgan fingerprint density at radius 1 is 0.635 bits per heavy atom. The highest BCUT2D eigenvalue weighted by Crippen LogP contribution is 2.38. The molecule has 0 radical (unpaired) electrons. The number of aliphatic carboxylic acids is 1. The van der Waals surface area contributed by atoms with Crippen LogP contribution in [0.2, 0.25) is 0 Å². The van der Waals surface area contributed by atoms with Crippen LogP contribution in [0.15, 0.2) is 36.4 Å². The molecule has 17 heteroatoms. The number of carboxylic acids is 1. The van der Waals surface area contributed by atoms with Gasteiger partial charge in [0.15, 0.2) is 0 Å². The summed E-state index contributed by atoms with van der Waals surface area (Å²) in [7, 11) is 9.99. The van der Waals surface area contributed by atoms with Gasteiger partial charge in [0.25, 0.3) is 0 Å². The summed E-state index contributed by atoms with van der Waals surface area (Å²) in [6, 6.07) is 11.2. The lowest BCUT2D eigenvalue weighted by atomic mass is 10.1. The minimum Gasteiger partial charge on any atom is -0.480 e. The minimum absolute atomic E-state index is 0.0573. The average Bonchev–Trinajstić information content (AvgIpc) is 3.45. The van der Waals surface area contributed by atoms with Gasteiger partial charge in [-0.2, -0.15) is 0 Å². The van der Waals surface area contributed by atoms with Crippen LogP contribution in [0, 0.1) is 47.5 Å². The molecular weight excluding hydrogens is 809 g/mol. The molecule has 3 amide bonds. The number of carbonyl (C=O) groups excluding carboxylic acids is 5. The molecule has 4 N–H and O–H groups in total. The number of benzene rings is 3. The van der Waals surface area contributed by atoms with Gasteiger partial charge >= 0.3 is 17.9 Å². The van der Waals surface area contributed by atoms with Crippen LogP contribution in [-0.4, -0.2) is 134 Å². The van der Waals surface area contributed by atoms with E-state index in [2.05, 4.69) is 16.0 Å². The molecule has 0 bridgehead atoms. The van der Waals surface area contributed by atoms with Crippen molar-refractivity contribution in [1.82, 2.24) is 10.6 Å². The third-order valence-corrected chi connectivity index (χ3v) is 11.3. The molecule has 3 aliphatic heterocycles. The predicted octanol–water partition coefficient (Wildman–Crippen LogP) is 3.48. The Hall–Kier alpha value is -6.20. The highest BCUT2D eigenvalue weighted by molar-refractivity contribution is 6.07. The number of methoxy groups -OCH3 is 2. The maximum Gasteiger partial charge on any atom is 0.325 e. The van der Waals surface area contributed by atoms with Gasteiger partial charge in [0.2, 0.25) is 17.7 Å².